The van der Waals surface area contributed by atoms with Crippen LogP contribution in [0.15, 0.2) is 48.5 Å². The average molecular weight is 431 g/mol. The van der Waals surface area contributed by atoms with Gasteiger partial charge in [0.05, 0.1) is 30.3 Å². The topological polar surface area (TPSA) is 53.1 Å². The van der Waals surface area contributed by atoms with Gasteiger partial charge in [0.1, 0.15) is 11.8 Å². The Morgan fingerprint density at radius 2 is 1.61 bits per heavy atom. The first-order valence-electron chi connectivity index (χ1n) is 10.0. The maximum Gasteiger partial charge on any atom is 0.416 e. The molecule has 3 saturated heterocycles. The smallest absolute Gasteiger partial charge is 0.416 e. The zero-order chi connectivity index (χ0) is 21.9. The van der Waals surface area contributed by atoms with Crippen molar-refractivity contribution < 1.29 is 27.5 Å². The SMILES string of the molecule is COc1ccc([C@@H]2[C@H]3C(=O)N(c4cccc(C(F)(F)F)c4)C(=O)[C@H]3N3CCCN23)cc1. The van der Waals surface area contributed by atoms with Crippen molar-refractivity contribution >= 4 is 17.5 Å². The van der Waals surface area contributed by atoms with Crippen molar-refractivity contribution in [2.45, 2.75) is 24.7 Å². The number of imide groups is 1. The molecule has 0 aromatic heterocycles. The van der Waals surface area contributed by atoms with Crippen LogP contribution in [0.5, 0.6) is 5.75 Å². The van der Waals surface area contributed by atoms with Gasteiger partial charge in [0.25, 0.3) is 5.91 Å². The molecule has 5 rings (SSSR count). The van der Waals surface area contributed by atoms with Crippen molar-refractivity contribution in [3.05, 3.63) is 59.7 Å². The number of hydrogen-bond donors (Lipinski definition) is 0. The van der Waals surface area contributed by atoms with E-state index in [1.807, 2.05) is 17.1 Å². The zero-order valence-electron chi connectivity index (χ0n) is 16.7. The first-order valence-corrected chi connectivity index (χ1v) is 10.0. The first-order chi connectivity index (χ1) is 14.8. The molecule has 162 valence electrons. The second kappa shape index (κ2) is 7.06. The highest BCUT2D eigenvalue weighted by molar-refractivity contribution is 6.24. The van der Waals surface area contributed by atoms with Crippen LogP contribution in [-0.4, -0.2) is 48.1 Å². The third kappa shape index (κ3) is 3.02. The number of carbonyl (C=O) groups excluding carboxylic acids is 2. The number of anilines is 1. The summed E-state index contributed by atoms with van der Waals surface area (Å²) in [5, 5.41) is 3.96. The van der Waals surface area contributed by atoms with E-state index in [4.69, 9.17) is 4.74 Å². The van der Waals surface area contributed by atoms with Crippen LogP contribution in [0, 0.1) is 5.92 Å². The van der Waals surface area contributed by atoms with Crippen LogP contribution < -0.4 is 9.64 Å². The molecule has 2 aromatic rings. The summed E-state index contributed by atoms with van der Waals surface area (Å²) < 4.78 is 44.8. The second-order valence-corrected chi connectivity index (χ2v) is 7.93. The third-order valence-corrected chi connectivity index (χ3v) is 6.29. The van der Waals surface area contributed by atoms with E-state index in [2.05, 4.69) is 5.01 Å². The summed E-state index contributed by atoms with van der Waals surface area (Å²) in [4.78, 5) is 27.7. The number of ether oxygens (including phenoxy) is 1. The normalized spacial score (nSPS) is 26.5. The van der Waals surface area contributed by atoms with Crippen LogP contribution in [0.1, 0.15) is 23.6 Å². The van der Waals surface area contributed by atoms with Gasteiger partial charge in [-0.25, -0.2) is 14.9 Å². The number of fused-ring (bicyclic) bond motifs is 3. The molecule has 3 heterocycles. The van der Waals surface area contributed by atoms with E-state index >= 15 is 0 Å². The summed E-state index contributed by atoms with van der Waals surface area (Å²) in [5.74, 6) is -0.950. The van der Waals surface area contributed by atoms with Crippen molar-refractivity contribution in [2.75, 3.05) is 25.1 Å². The number of alkyl halides is 3. The van der Waals surface area contributed by atoms with Crippen LogP contribution in [0.2, 0.25) is 0 Å². The Hall–Kier alpha value is -2.91. The van der Waals surface area contributed by atoms with Crippen LogP contribution in [0.25, 0.3) is 0 Å². The summed E-state index contributed by atoms with van der Waals surface area (Å²) in [5.41, 5.74) is -0.0668. The Morgan fingerprint density at radius 1 is 0.935 bits per heavy atom. The molecule has 0 unspecified atom stereocenters. The molecule has 0 aliphatic carbocycles. The summed E-state index contributed by atoms with van der Waals surface area (Å²) in [6, 6.07) is 10.6. The van der Waals surface area contributed by atoms with E-state index in [1.54, 1.807) is 19.2 Å². The molecule has 3 aliphatic heterocycles. The van der Waals surface area contributed by atoms with Gasteiger partial charge in [-0.1, -0.05) is 18.2 Å². The van der Waals surface area contributed by atoms with E-state index in [0.29, 0.717) is 18.8 Å². The lowest BCUT2D eigenvalue weighted by atomic mass is 9.90. The quantitative estimate of drug-likeness (QED) is 0.699. The number of methoxy groups -OCH3 is 1. The van der Waals surface area contributed by atoms with Crippen LogP contribution >= 0.6 is 0 Å². The number of rotatable bonds is 3. The minimum Gasteiger partial charge on any atom is -0.497 e. The highest BCUT2D eigenvalue weighted by Gasteiger charge is 2.62. The van der Waals surface area contributed by atoms with Gasteiger partial charge >= 0.3 is 6.18 Å². The summed E-state index contributed by atoms with van der Waals surface area (Å²) in [7, 11) is 1.56. The highest BCUT2D eigenvalue weighted by atomic mass is 19.4. The van der Waals surface area contributed by atoms with Crippen molar-refractivity contribution in [1.82, 2.24) is 10.0 Å². The Kier molecular flexibility index (Phi) is 4.56. The van der Waals surface area contributed by atoms with Gasteiger partial charge in [0.2, 0.25) is 5.91 Å². The molecule has 9 heteroatoms. The molecule has 0 spiro atoms. The van der Waals surface area contributed by atoms with E-state index in [-0.39, 0.29) is 11.7 Å². The van der Waals surface area contributed by atoms with E-state index in [9.17, 15) is 22.8 Å². The van der Waals surface area contributed by atoms with Gasteiger partial charge in [-0.15, -0.1) is 0 Å². The zero-order valence-corrected chi connectivity index (χ0v) is 16.7. The molecule has 0 bridgehead atoms. The predicted octanol–water partition coefficient (Wildman–Crippen LogP) is 3.25. The number of hydrogen-bond acceptors (Lipinski definition) is 5. The molecule has 0 saturated carbocycles. The molecule has 3 aliphatic rings. The van der Waals surface area contributed by atoms with E-state index in [1.165, 1.54) is 12.1 Å². The van der Waals surface area contributed by atoms with Crippen LogP contribution in [0.3, 0.4) is 0 Å². The molecular weight excluding hydrogens is 411 g/mol. The lowest BCUT2D eigenvalue weighted by Crippen LogP contribution is -2.44. The van der Waals surface area contributed by atoms with Gasteiger partial charge in [-0.2, -0.15) is 13.2 Å². The molecule has 3 atom stereocenters. The summed E-state index contributed by atoms with van der Waals surface area (Å²) >= 11 is 0. The number of halogens is 3. The maximum atomic E-state index is 13.4. The number of amides is 2. The maximum absolute atomic E-state index is 13.4. The lowest BCUT2D eigenvalue weighted by Gasteiger charge is -2.30. The fraction of sp³-hybridized carbons (Fsp3) is 0.364. The predicted molar refractivity (Wildman–Crippen MR) is 105 cm³/mol. The largest absolute Gasteiger partial charge is 0.497 e. The van der Waals surface area contributed by atoms with Crippen molar-refractivity contribution in [1.29, 1.82) is 0 Å². The molecule has 2 aromatic carbocycles. The average Bonchev–Trinajstić information content (AvgIpc) is 3.40. The van der Waals surface area contributed by atoms with E-state index in [0.717, 1.165) is 29.0 Å². The van der Waals surface area contributed by atoms with Crippen molar-refractivity contribution in [3.63, 3.8) is 0 Å². The molecule has 0 radical (unpaired) electrons. The third-order valence-electron chi connectivity index (χ3n) is 6.29. The number of hydrazine groups is 1. The number of nitrogens with zero attached hydrogens (tertiary/aromatic N) is 3. The standard InChI is InChI=1S/C22H20F3N3O3/c1-31-16-8-6-13(7-9-16)18-17-19(27-11-3-10-26(18)27)21(30)28(20(17)29)15-5-2-4-14(12-15)22(23,24)25/h2,4-9,12,17-19H,3,10-11H2,1H3/t17-,18-,19+/m1/s1. The van der Waals surface area contributed by atoms with E-state index < -0.39 is 35.5 Å². The van der Waals surface area contributed by atoms with Gasteiger partial charge in [-0.3, -0.25) is 9.59 Å². The summed E-state index contributed by atoms with van der Waals surface area (Å²) in [6.45, 7) is 1.34. The summed E-state index contributed by atoms with van der Waals surface area (Å²) in [6.07, 6.45) is -3.71. The first kappa shape index (κ1) is 20.0. The molecule has 0 N–H and O–H groups in total. The van der Waals surface area contributed by atoms with Crippen LogP contribution in [0.4, 0.5) is 18.9 Å². The Morgan fingerprint density at radius 3 is 2.26 bits per heavy atom. The number of benzene rings is 2. The van der Waals surface area contributed by atoms with Crippen LogP contribution in [-0.2, 0) is 15.8 Å². The lowest BCUT2D eigenvalue weighted by molar-refractivity contribution is -0.137. The molecule has 6 nitrogen and oxygen atoms in total. The Labute approximate surface area is 176 Å². The number of carbonyl (C=O) groups is 2. The fourth-order valence-electron chi connectivity index (χ4n) is 4.99. The molecule has 2 amide bonds. The van der Waals surface area contributed by atoms with Crippen molar-refractivity contribution in [2.24, 2.45) is 5.92 Å². The van der Waals surface area contributed by atoms with Gasteiger partial charge in [0.15, 0.2) is 0 Å². The van der Waals surface area contributed by atoms with Gasteiger partial charge in [-0.05, 0) is 42.3 Å². The van der Waals surface area contributed by atoms with Crippen molar-refractivity contribution in [3.8, 4) is 5.75 Å². The Balaban J connectivity index is 1.55. The van der Waals surface area contributed by atoms with Gasteiger partial charge in [0, 0.05) is 13.1 Å². The highest BCUT2D eigenvalue weighted by Crippen LogP contribution is 2.49. The second-order valence-electron chi connectivity index (χ2n) is 7.93. The van der Waals surface area contributed by atoms with Gasteiger partial charge < -0.3 is 4.74 Å². The molecule has 3 fully saturated rings. The minimum absolute atomic E-state index is 0.0431. The molecule has 31 heavy (non-hydrogen) atoms. The monoisotopic (exact) mass is 431 g/mol. The molecular formula is C22H20F3N3O3. The fourth-order valence-corrected chi connectivity index (χ4v) is 4.99. The minimum atomic E-state index is -4.56. The Bertz CT molecular complexity index is 1040.